The molecule has 0 saturated heterocycles. The third kappa shape index (κ3) is 3.71. The maximum atomic E-state index is 5.30. The molecule has 0 bridgehead atoms. The smallest absolute Gasteiger partial charge is 0.224 e. The van der Waals surface area contributed by atoms with Crippen LogP contribution in [0.25, 0.3) is 0 Å². The van der Waals surface area contributed by atoms with Crippen molar-refractivity contribution in [2.75, 3.05) is 14.2 Å². The van der Waals surface area contributed by atoms with Crippen molar-refractivity contribution in [3.63, 3.8) is 0 Å². The average molecular weight is 307 g/mol. The fraction of sp³-hybridized carbons (Fsp3) is 0.467. The van der Waals surface area contributed by atoms with Crippen LogP contribution in [0.4, 0.5) is 0 Å². The van der Waals surface area contributed by atoms with Crippen LogP contribution in [0.1, 0.15) is 30.3 Å². The second-order valence-electron chi connectivity index (χ2n) is 4.99. The number of rotatable bonds is 7. The molecule has 6 heteroatoms. The number of methoxy groups -OCH3 is 2. The Bertz CT molecular complexity index is 536. The molecule has 1 atom stereocenters. The number of ether oxygens (including phenoxy) is 2. The standard InChI is InChI=1S/C15H21N3O2S/c1-10(2)13(12-6-5-7-21-12)16-8-11-14(19-3)17-9-18-15(11)20-4/h5-7,9-10,13,16H,8H2,1-4H3. The SMILES string of the molecule is COc1ncnc(OC)c1CNC(c1cccs1)C(C)C. The highest BCUT2D eigenvalue weighted by atomic mass is 32.1. The predicted molar refractivity (Wildman–Crippen MR) is 83.9 cm³/mol. The zero-order valence-corrected chi connectivity index (χ0v) is 13.6. The summed E-state index contributed by atoms with van der Waals surface area (Å²) in [5.41, 5.74) is 0.838. The van der Waals surface area contributed by atoms with Gasteiger partial charge < -0.3 is 14.8 Å². The fourth-order valence-corrected chi connectivity index (χ4v) is 3.20. The van der Waals surface area contributed by atoms with Crippen LogP contribution >= 0.6 is 11.3 Å². The molecular weight excluding hydrogens is 286 g/mol. The Labute approximate surface area is 129 Å². The van der Waals surface area contributed by atoms with Gasteiger partial charge in [0, 0.05) is 17.5 Å². The van der Waals surface area contributed by atoms with Crippen LogP contribution < -0.4 is 14.8 Å². The van der Waals surface area contributed by atoms with Gasteiger partial charge in [0.2, 0.25) is 11.8 Å². The summed E-state index contributed by atoms with van der Waals surface area (Å²) in [6.45, 7) is 4.99. The molecular formula is C15H21N3O2S. The van der Waals surface area contributed by atoms with E-state index in [1.54, 1.807) is 25.6 Å². The van der Waals surface area contributed by atoms with Gasteiger partial charge in [-0.25, -0.2) is 9.97 Å². The van der Waals surface area contributed by atoms with E-state index in [0.717, 1.165) is 5.56 Å². The van der Waals surface area contributed by atoms with E-state index >= 15 is 0 Å². The van der Waals surface area contributed by atoms with Crippen LogP contribution in [-0.2, 0) is 6.54 Å². The van der Waals surface area contributed by atoms with E-state index in [-0.39, 0.29) is 6.04 Å². The summed E-state index contributed by atoms with van der Waals surface area (Å²) in [5, 5.41) is 5.65. The van der Waals surface area contributed by atoms with Crippen LogP contribution in [-0.4, -0.2) is 24.2 Å². The van der Waals surface area contributed by atoms with Gasteiger partial charge in [0.05, 0.1) is 19.8 Å². The highest BCUT2D eigenvalue weighted by Gasteiger charge is 2.19. The Balaban J connectivity index is 2.18. The van der Waals surface area contributed by atoms with Crippen LogP contribution in [0.15, 0.2) is 23.8 Å². The molecule has 0 saturated carbocycles. The minimum Gasteiger partial charge on any atom is -0.481 e. The lowest BCUT2D eigenvalue weighted by Gasteiger charge is -2.22. The van der Waals surface area contributed by atoms with E-state index in [9.17, 15) is 0 Å². The quantitative estimate of drug-likeness (QED) is 0.852. The van der Waals surface area contributed by atoms with Crippen molar-refractivity contribution in [1.82, 2.24) is 15.3 Å². The third-order valence-electron chi connectivity index (χ3n) is 3.27. The molecule has 1 N–H and O–H groups in total. The first-order valence-electron chi connectivity index (χ1n) is 6.86. The summed E-state index contributed by atoms with van der Waals surface area (Å²) in [5.74, 6) is 1.57. The summed E-state index contributed by atoms with van der Waals surface area (Å²) < 4.78 is 10.6. The highest BCUT2D eigenvalue weighted by molar-refractivity contribution is 7.10. The van der Waals surface area contributed by atoms with Gasteiger partial charge in [-0.05, 0) is 17.4 Å². The molecule has 114 valence electrons. The number of nitrogens with zero attached hydrogens (tertiary/aromatic N) is 2. The van der Waals surface area contributed by atoms with Gasteiger partial charge >= 0.3 is 0 Å². The van der Waals surface area contributed by atoms with Gasteiger partial charge in [0.25, 0.3) is 0 Å². The second-order valence-corrected chi connectivity index (χ2v) is 5.97. The van der Waals surface area contributed by atoms with Crippen molar-refractivity contribution in [2.45, 2.75) is 26.4 Å². The predicted octanol–water partition coefficient (Wildman–Crippen LogP) is 3.04. The zero-order valence-electron chi connectivity index (χ0n) is 12.8. The van der Waals surface area contributed by atoms with Crippen molar-refractivity contribution in [2.24, 2.45) is 5.92 Å². The first-order valence-corrected chi connectivity index (χ1v) is 7.74. The van der Waals surface area contributed by atoms with Crippen molar-refractivity contribution in [3.05, 3.63) is 34.3 Å². The van der Waals surface area contributed by atoms with Gasteiger partial charge in [0.15, 0.2) is 0 Å². The molecule has 2 aromatic heterocycles. The molecule has 2 aromatic rings. The van der Waals surface area contributed by atoms with Crippen LogP contribution in [0.3, 0.4) is 0 Å². The lowest BCUT2D eigenvalue weighted by molar-refractivity contribution is 0.350. The molecule has 0 aliphatic rings. The van der Waals surface area contributed by atoms with Crippen LogP contribution in [0.5, 0.6) is 11.8 Å². The Hall–Kier alpha value is -1.66. The van der Waals surface area contributed by atoms with Crippen LogP contribution in [0, 0.1) is 5.92 Å². The van der Waals surface area contributed by atoms with E-state index in [1.165, 1.54) is 11.2 Å². The van der Waals surface area contributed by atoms with Gasteiger partial charge in [-0.15, -0.1) is 11.3 Å². The number of hydrogen-bond donors (Lipinski definition) is 1. The van der Waals surface area contributed by atoms with Crippen LogP contribution in [0.2, 0.25) is 0 Å². The number of hydrogen-bond acceptors (Lipinski definition) is 6. The minimum atomic E-state index is 0.277. The van der Waals surface area contributed by atoms with Crippen molar-refractivity contribution in [1.29, 1.82) is 0 Å². The largest absolute Gasteiger partial charge is 0.481 e. The first-order chi connectivity index (χ1) is 10.2. The Morgan fingerprint density at radius 1 is 1.19 bits per heavy atom. The van der Waals surface area contributed by atoms with E-state index in [4.69, 9.17) is 9.47 Å². The van der Waals surface area contributed by atoms with Gasteiger partial charge in [-0.2, -0.15) is 0 Å². The van der Waals surface area contributed by atoms with Gasteiger partial charge in [-0.3, -0.25) is 0 Å². The summed E-state index contributed by atoms with van der Waals surface area (Å²) in [7, 11) is 3.20. The molecule has 5 nitrogen and oxygen atoms in total. The molecule has 0 aliphatic heterocycles. The fourth-order valence-electron chi connectivity index (χ4n) is 2.23. The van der Waals surface area contributed by atoms with E-state index in [0.29, 0.717) is 24.2 Å². The van der Waals surface area contributed by atoms with Gasteiger partial charge in [0.1, 0.15) is 6.33 Å². The molecule has 0 amide bonds. The molecule has 2 rings (SSSR count). The molecule has 0 fully saturated rings. The normalized spacial score (nSPS) is 12.4. The number of thiophene rings is 1. The third-order valence-corrected chi connectivity index (χ3v) is 4.22. The Morgan fingerprint density at radius 3 is 2.33 bits per heavy atom. The second kappa shape index (κ2) is 7.38. The zero-order chi connectivity index (χ0) is 15.2. The lowest BCUT2D eigenvalue weighted by atomic mass is 10.0. The summed E-state index contributed by atoms with van der Waals surface area (Å²) in [6.07, 6.45) is 1.44. The van der Waals surface area contributed by atoms with E-state index in [2.05, 4.69) is 46.6 Å². The first kappa shape index (κ1) is 15.7. The molecule has 1 unspecified atom stereocenters. The summed E-state index contributed by atoms with van der Waals surface area (Å²) >= 11 is 1.76. The maximum Gasteiger partial charge on any atom is 0.224 e. The molecule has 21 heavy (non-hydrogen) atoms. The topological polar surface area (TPSA) is 56.3 Å². The molecule has 0 aromatic carbocycles. The summed E-state index contributed by atoms with van der Waals surface area (Å²) in [6, 6.07) is 4.50. The molecule has 0 aliphatic carbocycles. The molecule has 0 radical (unpaired) electrons. The monoisotopic (exact) mass is 307 g/mol. The highest BCUT2D eigenvalue weighted by Crippen LogP contribution is 2.28. The van der Waals surface area contributed by atoms with Gasteiger partial charge in [-0.1, -0.05) is 19.9 Å². The number of aromatic nitrogens is 2. The minimum absolute atomic E-state index is 0.277. The number of nitrogens with one attached hydrogen (secondary N) is 1. The molecule has 2 heterocycles. The van der Waals surface area contributed by atoms with E-state index in [1.807, 2.05) is 0 Å². The lowest BCUT2D eigenvalue weighted by Crippen LogP contribution is -2.25. The Kier molecular flexibility index (Phi) is 5.52. The maximum absolute atomic E-state index is 5.30. The Morgan fingerprint density at radius 2 is 1.86 bits per heavy atom. The summed E-state index contributed by atoms with van der Waals surface area (Å²) in [4.78, 5) is 9.60. The van der Waals surface area contributed by atoms with Crippen molar-refractivity contribution < 1.29 is 9.47 Å². The van der Waals surface area contributed by atoms with Crippen molar-refractivity contribution in [3.8, 4) is 11.8 Å². The molecule has 0 spiro atoms. The van der Waals surface area contributed by atoms with E-state index < -0.39 is 0 Å². The van der Waals surface area contributed by atoms with Crippen molar-refractivity contribution >= 4 is 11.3 Å². The average Bonchev–Trinajstić information content (AvgIpc) is 3.01.